The van der Waals surface area contributed by atoms with E-state index >= 15 is 0 Å². The molecule has 0 fully saturated rings. The zero-order valence-electron chi connectivity index (χ0n) is 7.82. The lowest BCUT2D eigenvalue weighted by molar-refractivity contribution is 0.600. The van der Waals surface area contributed by atoms with E-state index in [1.54, 1.807) is 6.20 Å². The standard InChI is InChI=1S/C9H14N4/c1-11-8-9-12-5-7-13(9)6-3-2-4-10/h5,7,11H,2-3,6,8H2,1H3. The lowest BCUT2D eigenvalue weighted by atomic mass is 10.3. The van der Waals surface area contributed by atoms with E-state index < -0.39 is 0 Å². The summed E-state index contributed by atoms with van der Waals surface area (Å²) in [4.78, 5) is 4.20. The van der Waals surface area contributed by atoms with Gasteiger partial charge in [0.1, 0.15) is 5.82 Å². The highest BCUT2D eigenvalue weighted by atomic mass is 15.1. The van der Waals surface area contributed by atoms with Gasteiger partial charge in [0, 0.05) is 25.4 Å². The molecule has 4 nitrogen and oxygen atoms in total. The van der Waals surface area contributed by atoms with Crippen molar-refractivity contribution in [3.05, 3.63) is 18.2 Å². The van der Waals surface area contributed by atoms with Crippen LogP contribution in [0.1, 0.15) is 18.7 Å². The Morgan fingerprint density at radius 1 is 1.69 bits per heavy atom. The van der Waals surface area contributed by atoms with Crippen LogP contribution in [-0.4, -0.2) is 16.6 Å². The van der Waals surface area contributed by atoms with Gasteiger partial charge in [-0.25, -0.2) is 4.98 Å². The summed E-state index contributed by atoms with van der Waals surface area (Å²) in [6.45, 7) is 1.66. The molecule has 0 aliphatic heterocycles. The molecule has 0 saturated heterocycles. The average Bonchev–Trinajstić information content (AvgIpc) is 2.54. The van der Waals surface area contributed by atoms with E-state index in [0.717, 1.165) is 25.3 Å². The Labute approximate surface area is 78.2 Å². The molecular formula is C9H14N4. The average molecular weight is 178 g/mol. The largest absolute Gasteiger partial charge is 0.334 e. The van der Waals surface area contributed by atoms with E-state index in [1.807, 2.05) is 13.2 Å². The fraction of sp³-hybridized carbons (Fsp3) is 0.556. The van der Waals surface area contributed by atoms with Gasteiger partial charge in [0.2, 0.25) is 0 Å². The minimum absolute atomic E-state index is 0.608. The third kappa shape index (κ3) is 2.88. The molecule has 0 atom stereocenters. The summed E-state index contributed by atoms with van der Waals surface area (Å²) in [5, 5.41) is 11.4. The molecule has 0 aliphatic rings. The van der Waals surface area contributed by atoms with Gasteiger partial charge in [-0.05, 0) is 13.5 Å². The first-order chi connectivity index (χ1) is 6.38. The molecule has 1 N–H and O–H groups in total. The number of nitrogens with one attached hydrogen (secondary N) is 1. The second kappa shape index (κ2) is 5.33. The van der Waals surface area contributed by atoms with Gasteiger partial charge in [-0.1, -0.05) is 0 Å². The van der Waals surface area contributed by atoms with Crippen LogP contribution < -0.4 is 5.32 Å². The van der Waals surface area contributed by atoms with Gasteiger partial charge < -0.3 is 9.88 Å². The van der Waals surface area contributed by atoms with Crippen molar-refractivity contribution in [3.8, 4) is 6.07 Å². The van der Waals surface area contributed by atoms with Gasteiger partial charge in [0.25, 0.3) is 0 Å². The van der Waals surface area contributed by atoms with E-state index in [9.17, 15) is 0 Å². The minimum Gasteiger partial charge on any atom is -0.334 e. The number of unbranched alkanes of at least 4 members (excludes halogenated alkanes) is 1. The maximum atomic E-state index is 8.38. The molecule has 0 amide bonds. The van der Waals surface area contributed by atoms with Gasteiger partial charge in [0.15, 0.2) is 0 Å². The Bertz CT molecular complexity index is 284. The van der Waals surface area contributed by atoms with Crippen LogP contribution in [0.15, 0.2) is 12.4 Å². The second-order valence-electron chi connectivity index (χ2n) is 2.83. The van der Waals surface area contributed by atoms with Crippen molar-refractivity contribution < 1.29 is 0 Å². The normalized spacial score (nSPS) is 9.85. The SMILES string of the molecule is CNCc1nccn1CCCC#N. The van der Waals surface area contributed by atoms with Gasteiger partial charge in [-0.2, -0.15) is 5.26 Å². The fourth-order valence-electron chi connectivity index (χ4n) is 1.20. The Morgan fingerprint density at radius 3 is 3.23 bits per heavy atom. The third-order valence-electron chi connectivity index (χ3n) is 1.82. The molecule has 70 valence electrons. The van der Waals surface area contributed by atoms with Crippen LogP contribution in [0.5, 0.6) is 0 Å². The number of hydrogen-bond acceptors (Lipinski definition) is 3. The van der Waals surface area contributed by atoms with Crippen molar-refractivity contribution in [1.82, 2.24) is 14.9 Å². The number of nitriles is 1. The smallest absolute Gasteiger partial charge is 0.122 e. The van der Waals surface area contributed by atoms with Crippen LogP contribution >= 0.6 is 0 Å². The predicted molar refractivity (Wildman–Crippen MR) is 49.8 cm³/mol. The minimum atomic E-state index is 0.608. The Morgan fingerprint density at radius 2 is 2.54 bits per heavy atom. The summed E-state index contributed by atoms with van der Waals surface area (Å²) >= 11 is 0. The van der Waals surface area contributed by atoms with Crippen LogP contribution in [0.2, 0.25) is 0 Å². The molecule has 0 radical (unpaired) electrons. The molecule has 1 heterocycles. The van der Waals surface area contributed by atoms with Gasteiger partial charge in [-0.15, -0.1) is 0 Å². The van der Waals surface area contributed by atoms with Gasteiger partial charge in [-0.3, -0.25) is 0 Å². The highest BCUT2D eigenvalue weighted by Crippen LogP contribution is 2.00. The maximum Gasteiger partial charge on any atom is 0.122 e. The molecule has 0 aliphatic carbocycles. The molecule has 0 bridgehead atoms. The number of rotatable bonds is 5. The van der Waals surface area contributed by atoms with Crippen molar-refractivity contribution in [2.45, 2.75) is 25.9 Å². The summed E-state index contributed by atoms with van der Waals surface area (Å²) in [6, 6.07) is 2.13. The Hall–Kier alpha value is -1.34. The van der Waals surface area contributed by atoms with Crippen LogP contribution in [0.3, 0.4) is 0 Å². The van der Waals surface area contributed by atoms with Crippen molar-refractivity contribution >= 4 is 0 Å². The van der Waals surface area contributed by atoms with E-state index in [2.05, 4.69) is 20.9 Å². The summed E-state index contributed by atoms with van der Waals surface area (Å²) in [6.07, 6.45) is 5.24. The number of imidazole rings is 1. The molecule has 4 heteroatoms. The summed E-state index contributed by atoms with van der Waals surface area (Å²) < 4.78 is 2.08. The fourth-order valence-corrected chi connectivity index (χ4v) is 1.20. The molecule has 1 rings (SSSR count). The van der Waals surface area contributed by atoms with Crippen LogP contribution in [-0.2, 0) is 13.1 Å². The van der Waals surface area contributed by atoms with Crippen LogP contribution in [0.4, 0.5) is 0 Å². The zero-order chi connectivity index (χ0) is 9.52. The molecule has 1 aromatic heterocycles. The molecule has 1 aromatic rings. The predicted octanol–water partition coefficient (Wildman–Crippen LogP) is 0.906. The number of aromatic nitrogens is 2. The quantitative estimate of drug-likeness (QED) is 0.682. The van der Waals surface area contributed by atoms with Crippen molar-refractivity contribution in [1.29, 1.82) is 5.26 Å². The molecule has 0 spiro atoms. The molecule has 0 saturated carbocycles. The topological polar surface area (TPSA) is 53.6 Å². The third-order valence-corrected chi connectivity index (χ3v) is 1.82. The first-order valence-electron chi connectivity index (χ1n) is 4.40. The molecule has 0 aromatic carbocycles. The maximum absolute atomic E-state index is 8.38. The molecular weight excluding hydrogens is 164 g/mol. The first kappa shape index (κ1) is 9.75. The molecule has 0 unspecified atom stereocenters. The van der Waals surface area contributed by atoms with Crippen molar-refractivity contribution in [3.63, 3.8) is 0 Å². The highest BCUT2D eigenvalue weighted by molar-refractivity contribution is 4.91. The summed E-state index contributed by atoms with van der Waals surface area (Å²) in [5.41, 5.74) is 0. The lowest BCUT2D eigenvalue weighted by Gasteiger charge is -2.05. The number of aryl methyl sites for hydroxylation is 1. The van der Waals surface area contributed by atoms with Crippen molar-refractivity contribution in [2.75, 3.05) is 7.05 Å². The Balaban J connectivity index is 2.46. The van der Waals surface area contributed by atoms with Gasteiger partial charge in [0.05, 0.1) is 12.6 Å². The molecule has 13 heavy (non-hydrogen) atoms. The van der Waals surface area contributed by atoms with E-state index in [0.29, 0.717) is 6.42 Å². The van der Waals surface area contributed by atoms with Crippen LogP contribution in [0.25, 0.3) is 0 Å². The number of hydrogen-bond donors (Lipinski definition) is 1. The first-order valence-corrected chi connectivity index (χ1v) is 4.40. The van der Waals surface area contributed by atoms with Crippen LogP contribution in [0, 0.1) is 11.3 Å². The van der Waals surface area contributed by atoms with E-state index in [-0.39, 0.29) is 0 Å². The number of nitrogens with zero attached hydrogens (tertiary/aromatic N) is 3. The summed E-state index contributed by atoms with van der Waals surface area (Å²) in [7, 11) is 1.90. The summed E-state index contributed by atoms with van der Waals surface area (Å²) in [5.74, 6) is 1.03. The monoisotopic (exact) mass is 178 g/mol. The second-order valence-corrected chi connectivity index (χ2v) is 2.83. The lowest BCUT2D eigenvalue weighted by Crippen LogP contribution is -2.12. The van der Waals surface area contributed by atoms with Crippen molar-refractivity contribution in [2.24, 2.45) is 0 Å². The zero-order valence-corrected chi connectivity index (χ0v) is 7.82. The Kier molecular flexibility index (Phi) is 4.00. The highest BCUT2D eigenvalue weighted by Gasteiger charge is 1.99. The van der Waals surface area contributed by atoms with E-state index in [4.69, 9.17) is 5.26 Å². The van der Waals surface area contributed by atoms with Gasteiger partial charge >= 0.3 is 0 Å². The van der Waals surface area contributed by atoms with E-state index in [1.165, 1.54) is 0 Å².